The largest absolute Gasteiger partial charge is 0.345 e. The van der Waals surface area contributed by atoms with Crippen LogP contribution in [0.5, 0.6) is 0 Å². The minimum atomic E-state index is -3.94. The lowest BCUT2D eigenvalue weighted by molar-refractivity contribution is 0.0928. The number of carbonyl (C=O) groups is 2. The van der Waals surface area contributed by atoms with Crippen LogP contribution in [0.25, 0.3) is 21.9 Å². The Hall–Kier alpha value is -4.88. The van der Waals surface area contributed by atoms with Crippen molar-refractivity contribution in [3.8, 4) is 0 Å². The topological polar surface area (TPSA) is 169 Å². The Bertz CT molecular complexity index is 2100. The molecule has 46 heavy (non-hydrogen) atoms. The molecule has 3 N–H and O–H groups in total. The lowest BCUT2D eigenvalue weighted by Crippen LogP contribution is -2.30. The molecular formula is C33H32N8O4S. The summed E-state index contributed by atoms with van der Waals surface area (Å²) in [4.78, 5) is 48.6. The normalized spacial score (nSPS) is 17.7. The lowest BCUT2D eigenvalue weighted by Gasteiger charge is -2.19. The Kier molecular flexibility index (Phi) is 7.65. The SMILES string of the molecule is CC(C)CNS(=O)(=O)c1cc2c(c3cnc(C4CC4)cc13)[C@@H](NC(=O)c1cnc3nccnc3c1)C[C@@H]2NC(=O)c1cccnc1. The molecule has 2 aliphatic carbocycles. The molecule has 1 fully saturated rings. The maximum atomic E-state index is 13.8. The zero-order valence-corrected chi connectivity index (χ0v) is 26.1. The van der Waals surface area contributed by atoms with Crippen molar-refractivity contribution in [2.24, 2.45) is 5.92 Å². The van der Waals surface area contributed by atoms with Crippen LogP contribution in [0.4, 0.5) is 0 Å². The zero-order valence-electron chi connectivity index (χ0n) is 25.3. The van der Waals surface area contributed by atoms with Gasteiger partial charge in [-0.05, 0) is 66.6 Å². The molecule has 0 unspecified atom stereocenters. The highest BCUT2D eigenvalue weighted by atomic mass is 32.2. The maximum Gasteiger partial charge on any atom is 0.253 e. The maximum absolute atomic E-state index is 13.8. The van der Waals surface area contributed by atoms with Crippen molar-refractivity contribution in [2.45, 2.75) is 56.0 Å². The number of carbonyl (C=O) groups excluding carboxylic acids is 2. The second-order valence-corrected chi connectivity index (χ2v) is 13.9. The highest BCUT2D eigenvalue weighted by Gasteiger charge is 2.38. The van der Waals surface area contributed by atoms with E-state index in [1.807, 2.05) is 19.9 Å². The first-order chi connectivity index (χ1) is 22.2. The van der Waals surface area contributed by atoms with E-state index in [0.717, 1.165) is 18.5 Å². The van der Waals surface area contributed by atoms with Crippen molar-refractivity contribution < 1.29 is 18.0 Å². The first-order valence-electron chi connectivity index (χ1n) is 15.2. The number of nitrogens with zero attached hydrogens (tertiary/aromatic N) is 5. The van der Waals surface area contributed by atoms with Crippen molar-refractivity contribution in [1.29, 1.82) is 0 Å². The van der Waals surface area contributed by atoms with Crippen LogP contribution >= 0.6 is 0 Å². The van der Waals surface area contributed by atoms with Gasteiger partial charge in [-0.15, -0.1) is 0 Å². The molecule has 0 aliphatic heterocycles. The molecule has 7 rings (SSSR count). The molecular weight excluding hydrogens is 604 g/mol. The van der Waals surface area contributed by atoms with Gasteiger partial charge in [0.1, 0.15) is 5.52 Å². The number of hydrogen-bond donors (Lipinski definition) is 3. The number of pyridine rings is 3. The molecule has 0 spiro atoms. The summed E-state index contributed by atoms with van der Waals surface area (Å²) in [6.45, 7) is 4.15. The number of hydrogen-bond acceptors (Lipinski definition) is 9. The van der Waals surface area contributed by atoms with Gasteiger partial charge in [-0.25, -0.2) is 23.1 Å². The van der Waals surface area contributed by atoms with E-state index >= 15 is 0 Å². The van der Waals surface area contributed by atoms with E-state index in [0.29, 0.717) is 50.1 Å². The van der Waals surface area contributed by atoms with Crippen molar-refractivity contribution in [2.75, 3.05) is 6.54 Å². The summed E-state index contributed by atoms with van der Waals surface area (Å²) in [5, 5.41) is 7.32. The van der Waals surface area contributed by atoms with Crippen molar-refractivity contribution in [3.05, 3.63) is 95.5 Å². The standard InChI is InChI=1S/C33H32N8O4S/c1-18(2)14-39-46(44,45)29-12-23-26(40-32(42)20-4-3-7-34-15-20)13-27(30(23)24-17-37-25(11-22(24)29)19-5-6-19)41-33(43)21-10-28-31(38-16-21)36-9-8-35-28/h3-4,7-12,15-19,26-27,39H,5-6,13-14H2,1-2H3,(H,40,42)(H,41,43)/t26-,27-/m0/s1. The van der Waals surface area contributed by atoms with Crippen LogP contribution in [0.3, 0.4) is 0 Å². The van der Waals surface area contributed by atoms with Crippen LogP contribution in [-0.2, 0) is 10.0 Å². The van der Waals surface area contributed by atoms with Crippen molar-refractivity contribution in [3.63, 3.8) is 0 Å². The summed E-state index contributed by atoms with van der Waals surface area (Å²) in [7, 11) is -3.94. The molecule has 234 valence electrons. The van der Waals surface area contributed by atoms with Gasteiger partial charge in [0, 0.05) is 66.1 Å². The Morgan fingerprint density at radius 1 is 0.870 bits per heavy atom. The fourth-order valence-electron chi connectivity index (χ4n) is 5.91. The average molecular weight is 637 g/mol. The zero-order chi connectivity index (χ0) is 32.0. The first kappa shape index (κ1) is 29.8. The van der Waals surface area contributed by atoms with Gasteiger partial charge in [0.25, 0.3) is 11.8 Å². The number of rotatable bonds is 9. The van der Waals surface area contributed by atoms with Crippen LogP contribution in [0.2, 0.25) is 0 Å². The van der Waals surface area contributed by atoms with E-state index < -0.39 is 22.1 Å². The lowest BCUT2D eigenvalue weighted by atomic mass is 9.98. The van der Waals surface area contributed by atoms with Crippen LogP contribution in [0, 0.1) is 5.92 Å². The van der Waals surface area contributed by atoms with Gasteiger partial charge in [0.15, 0.2) is 5.65 Å². The van der Waals surface area contributed by atoms with E-state index in [1.54, 1.807) is 36.7 Å². The number of benzene rings is 1. The molecule has 5 aromatic rings. The third-order valence-corrected chi connectivity index (χ3v) is 9.82. The van der Waals surface area contributed by atoms with E-state index in [2.05, 4.69) is 35.3 Å². The van der Waals surface area contributed by atoms with Crippen molar-refractivity contribution in [1.82, 2.24) is 40.3 Å². The van der Waals surface area contributed by atoms with Crippen LogP contribution in [-0.4, -0.2) is 51.7 Å². The Morgan fingerprint density at radius 3 is 2.41 bits per heavy atom. The summed E-state index contributed by atoms with van der Waals surface area (Å²) in [6.07, 6.45) is 11.6. The monoisotopic (exact) mass is 636 g/mol. The highest BCUT2D eigenvalue weighted by Crippen LogP contribution is 2.47. The Labute approximate surface area is 265 Å². The fraction of sp³-hybridized carbons (Fsp3) is 0.303. The third kappa shape index (κ3) is 5.79. The number of amides is 2. The quantitative estimate of drug-likeness (QED) is 0.215. The second kappa shape index (κ2) is 11.8. The summed E-state index contributed by atoms with van der Waals surface area (Å²) in [5.41, 5.74) is 3.72. The van der Waals surface area contributed by atoms with Gasteiger partial charge >= 0.3 is 0 Å². The first-order valence-corrected chi connectivity index (χ1v) is 16.7. The minimum Gasteiger partial charge on any atom is -0.345 e. The molecule has 13 heteroatoms. The Balaban J connectivity index is 1.34. The van der Waals surface area contributed by atoms with Crippen molar-refractivity contribution >= 4 is 43.8 Å². The summed E-state index contributed by atoms with van der Waals surface area (Å²) >= 11 is 0. The van der Waals surface area contributed by atoms with Gasteiger partial charge in [-0.2, -0.15) is 0 Å². The molecule has 0 saturated heterocycles. The predicted octanol–water partition coefficient (Wildman–Crippen LogP) is 4.13. The summed E-state index contributed by atoms with van der Waals surface area (Å²) < 4.78 is 30.4. The molecule has 1 aromatic carbocycles. The van der Waals surface area contributed by atoms with Gasteiger partial charge in [0.05, 0.1) is 28.1 Å². The molecule has 4 heterocycles. The predicted molar refractivity (Wildman–Crippen MR) is 170 cm³/mol. The van der Waals surface area contributed by atoms with E-state index in [9.17, 15) is 18.0 Å². The highest BCUT2D eigenvalue weighted by molar-refractivity contribution is 7.89. The molecule has 12 nitrogen and oxygen atoms in total. The van der Waals surface area contributed by atoms with Gasteiger partial charge < -0.3 is 10.6 Å². The molecule has 1 saturated carbocycles. The number of fused-ring (bicyclic) bond motifs is 4. The van der Waals surface area contributed by atoms with Crippen LogP contribution in [0.1, 0.15) is 88.6 Å². The van der Waals surface area contributed by atoms with Crippen LogP contribution < -0.4 is 15.4 Å². The molecule has 2 aliphatic rings. The number of aromatic nitrogens is 5. The number of sulfonamides is 1. The summed E-state index contributed by atoms with van der Waals surface area (Å²) in [5.74, 6) is -0.359. The molecule has 2 amide bonds. The summed E-state index contributed by atoms with van der Waals surface area (Å²) in [6, 6.07) is 7.27. The molecule has 0 bridgehead atoms. The van der Waals surface area contributed by atoms with Crippen LogP contribution in [0.15, 0.2) is 72.4 Å². The fourth-order valence-corrected chi connectivity index (χ4v) is 7.36. The average Bonchev–Trinajstić information content (AvgIpc) is 3.86. The smallest absolute Gasteiger partial charge is 0.253 e. The third-order valence-electron chi connectivity index (χ3n) is 8.36. The van der Waals surface area contributed by atoms with Gasteiger partial charge in [0.2, 0.25) is 10.0 Å². The Morgan fingerprint density at radius 2 is 1.65 bits per heavy atom. The van der Waals surface area contributed by atoms with E-state index in [-0.39, 0.29) is 35.6 Å². The van der Waals surface area contributed by atoms with Gasteiger partial charge in [-0.1, -0.05) is 13.8 Å². The second-order valence-electron chi connectivity index (χ2n) is 12.2. The van der Waals surface area contributed by atoms with E-state index in [4.69, 9.17) is 4.98 Å². The number of nitrogens with one attached hydrogen (secondary N) is 3. The van der Waals surface area contributed by atoms with E-state index in [1.165, 1.54) is 24.8 Å². The minimum absolute atomic E-state index is 0.0980. The molecule has 0 radical (unpaired) electrons. The molecule has 4 aromatic heterocycles. The van der Waals surface area contributed by atoms with Gasteiger partial charge in [-0.3, -0.25) is 24.5 Å². The molecule has 2 atom stereocenters.